The number of likely N-dealkylation sites (tertiary alicyclic amines) is 1. The number of hydrogen-bond acceptors (Lipinski definition) is 3. The van der Waals surface area contributed by atoms with Gasteiger partial charge >= 0.3 is 5.97 Å². The van der Waals surface area contributed by atoms with Crippen molar-refractivity contribution in [1.29, 1.82) is 0 Å². The van der Waals surface area contributed by atoms with Gasteiger partial charge in [0.05, 0.1) is 12.5 Å². The average molecular weight is 297 g/mol. The third-order valence-electron chi connectivity index (χ3n) is 4.54. The van der Waals surface area contributed by atoms with E-state index in [1.807, 2.05) is 6.92 Å². The lowest BCUT2D eigenvalue weighted by Gasteiger charge is -2.30. The summed E-state index contributed by atoms with van der Waals surface area (Å²) < 4.78 is 5.11. The van der Waals surface area contributed by atoms with E-state index in [1.165, 1.54) is 57.9 Å². The van der Waals surface area contributed by atoms with Crippen molar-refractivity contribution in [2.75, 3.05) is 26.2 Å². The molecule has 0 aromatic heterocycles. The summed E-state index contributed by atoms with van der Waals surface area (Å²) in [5, 5.41) is 0. The van der Waals surface area contributed by atoms with Gasteiger partial charge in [-0.05, 0) is 45.8 Å². The maximum atomic E-state index is 11.7. The summed E-state index contributed by atoms with van der Waals surface area (Å²) in [4.78, 5) is 14.2. The van der Waals surface area contributed by atoms with Crippen LogP contribution in [0.25, 0.3) is 0 Å². The van der Waals surface area contributed by atoms with Crippen molar-refractivity contribution < 1.29 is 9.53 Å². The lowest BCUT2D eigenvalue weighted by atomic mass is 9.97. The van der Waals surface area contributed by atoms with Crippen molar-refractivity contribution in [1.82, 2.24) is 4.90 Å². The first-order chi connectivity index (χ1) is 10.3. The van der Waals surface area contributed by atoms with E-state index in [0.29, 0.717) is 6.61 Å². The molecule has 0 bridgehead atoms. The van der Waals surface area contributed by atoms with Crippen LogP contribution in [0.15, 0.2) is 0 Å². The Bertz CT molecular complexity index is 260. The van der Waals surface area contributed by atoms with E-state index < -0.39 is 0 Å². The molecule has 0 aliphatic carbocycles. The molecule has 1 rings (SSSR count). The van der Waals surface area contributed by atoms with Crippen molar-refractivity contribution in [3.63, 3.8) is 0 Å². The van der Waals surface area contributed by atoms with Crippen LogP contribution in [0.1, 0.15) is 78.1 Å². The number of esters is 1. The van der Waals surface area contributed by atoms with Crippen LogP contribution < -0.4 is 0 Å². The van der Waals surface area contributed by atoms with Crippen LogP contribution in [0.4, 0.5) is 0 Å². The summed E-state index contributed by atoms with van der Waals surface area (Å²) in [7, 11) is 0. The molecule has 1 fully saturated rings. The minimum absolute atomic E-state index is 0.0178. The number of rotatable bonds is 11. The highest BCUT2D eigenvalue weighted by Gasteiger charge is 2.25. The van der Waals surface area contributed by atoms with E-state index in [9.17, 15) is 4.79 Å². The average Bonchev–Trinajstić information content (AvgIpc) is 2.51. The largest absolute Gasteiger partial charge is 0.466 e. The van der Waals surface area contributed by atoms with Crippen molar-refractivity contribution in [2.45, 2.75) is 78.1 Å². The number of carbonyl (C=O) groups excluding carboxylic acids is 1. The normalized spacial score (nSPS) is 17.0. The highest BCUT2D eigenvalue weighted by Crippen LogP contribution is 2.19. The smallest absolute Gasteiger partial charge is 0.309 e. The molecule has 1 aliphatic rings. The lowest BCUT2D eigenvalue weighted by Crippen LogP contribution is -2.37. The zero-order chi connectivity index (χ0) is 15.3. The first-order valence-electron chi connectivity index (χ1n) is 9.16. The molecule has 0 saturated carbocycles. The molecule has 0 radical (unpaired) electrons. The van der Waals surface area contributed by atoms with E-state index >= 15 is 0 Å². The van der Waals surface area contributed by atoms with Crippen LogP contribution in [0, 0.1) is 5.92 Å². The molecule has 0 N–H and O–H groups in total. The third-order valence-corrected chi connectivity index (χ3v) is 4.54. The van der Waals surface area contributed by atoms with Crippen LogP contribution in [0.3, 0.4) is 0 Å². The molecule has 21 heavy (non-hydrogen) atoms. The van der Waals surface area contributed by atoms with Gasteiger partial charge in [0, 0.05) is 0 Å². The van der Waals surface area contributed by atoms with Gasteiger partial charge in [-0.25, -0.2) is 0 Å². The molecule has 1 heterocycles. The van der Waals surface area contributed by atoms with Gasteiger partial charge in [-0.2, -0.15) is 0 Å². The molecule has 3 heteroatoms. The summed E-state index contributed by atoms with van der Waals surface area (Å²) >= 11 is 0. The van der Waals surface area contributed by atoms with Gasteiger partial charge in [0.1, 0.15) is 0 Å². The third kappa shape index (κ3) is 8.45. The van der Waals surface area contributed by atoms with E-state index in [2.05, 4.69) is 11.8 Å². The second kappa shape index (κ2) is 12.0. The standard InChI is InChI=1S/C18H35NO2/c1-3-5-6-7-8-9-10-11-14-19-15-12-17(13-16-19)18(20)21-4-2/h17H,3-16H2,1-2H3. The van der Waals surface area contributed by atoms with Gasteiger partial charge in [0.15, 0.2) is 0 Å². The fraction of sp³-hybridized carbons (Fsp3) is 0.944. The van der Waals surface area contributed by atoms with E-state index in [4.69, 9.17) is 4.74 Å². The summed E-state index contributed by atoms with van der Waals surface area (Å²) in [6.45, 7) is 8.02. The molecular weight excluding hydrogens is 262 g/mol. The fourth-order valence-corrected chi connectivity index (χ4v) is 3.12. The lowest BCUT2D eigenvalue weighted by molar-refractivity contribution is -0.149. The van der Waals surface area contributed by atoms with Gasteiger partial charge < -0.3 is 9.64 Å². The van der Waals surface area contributed by atoms with E-state index in [0.717, 1.165) is 25.9 Å². The van der Waals surface area contributed by atoms with Crippen LogP contribution in [-0.2, 0) is 9.53 Å². The summed E-state index contributed by atoms with van der Waals surface area (Å²) in [5.41, 5.74) is 0. The quantitative estimate of drug-likeness (QED) is 0.418. The van der Waals surface area contributed by atoms with Crippen LogP contribution in [0.2, 0.25) is 0 Å². The molecule has 1 saturated heterocycles. The number of piperidine rings is 1. The second-order valence-corrected chi connectivity index (χ2v) is 6.34. The van der Waals surface area contributed by atoms with Crippen LogP contribution >= 0.6 is 0 Å². The first kappa shape index (κ1) is 18.5. The number of ether oxygens (including phenoxy) is 1. The summed E-state index contributed by atoms with van der Waals surface area (Å²) in [6, 6.07) is 0. The zero-order valence-electron chi connectivity index (χ0n) is 14.2. The van der Waals surface area contributed by atoms with Gasteiger partial charge in [0.2, 0.25) is 0 Å². The molecule has 0 aromatic rings. The molecular formula is C18H35NO2. The molecule has 1 aliphatic heterocycles. The Hall–Kier alpha value is -0.570. The maximum absolute atomic E-state index is 11.7. The predicted molar refractivity (Wildman–Crippen MR) is 88.4 cm³/mol. The van der Waals surface area contributed by atoms with Crippen molar-refractivity contribution in [3.05, 3.63) is 0 Å². The Morgan fingerprint density at radius 3 is 2.10 bits per heavy atom. The molecule has 0 spiro atoms. The Morgan fingerprint density at radius 2 is 1.52 bits per heavy atom. The topological polar surface area (TPSA) is 29.5 Å². The zero-order valence-corrected chi connectivity index (χ0v) is 14.2. The number of nitrogens with zero attached hydrogens (tertiary/aromatic N) is 1. The van der Waals surface area contributed by atoms with Gasteiger partial charge in [-0.1, -0.05) is 51.9 Å². The van der Waals surface area contributed by atoms with Crippen molar-refractivity contribution in [2.24, 2.45) is 5.92 Å². The van der Waals surface area contributed by atoms with Gasteiger partial charge in [0.25, 0.3) is 0 Å². The first-order valence-corrected chi connectivity index (χ1v) is 9.16. The Kier molecular flexibility index (Phi) is 10.6. The Labute approximate surface area is 131 Å². The molecule has 0 aromatic carbocycles. The van der Waals surface area contributed by atoms with E-state index in [1.54, 1.807) is 0 Å². The SMILES string of the molecule is CCCCCCCCCCN1CCC(C(=O)OCC)CC1. The summed E-state index contributed by atoms with van der Waals surface area (Å²) in [6.07, 6.45) is 13.0. The van der Waals surface area contributed by atoms with E-state index in [-0.39, 0.29) is 11.9 Å². The molecule has 0 unspecified atom stereocenters. The Balaban J connectivity index is 1.95. The molecule has 0 amide bonds. The fourth-order valence-electron chi connectivity index (χ4n) is 3.12. The monoisotopic (exact) mass is 297 g/mol. The minimum atomic E-state index is 0.0178. The molecule has 124 valence electrons. The highest BCUT2D eigenvalue weighted by molar-refractivity contribution is 5.72. The Morgan fingerprint density at radius 1 is 0.952 bits per heavy atom. The van der Waals surface area contributed by atoms with Gasteiger partial charge in [-0.3, -0.25) is 4.79 Å². The van der Waals surface area contributed by atoms with Crippen LogP contribution in [0.5, 0.6) is 0 Å². The van der Waals surface area contributed by atoms with Crippen molar-refractivity contribution in [3.8, 4) is 0 Å². The maximum Gasteiger partial charge on any atom is 0.309 e. The number of carbonyl (C=O) groups is 1. The highest BCUT2D eigenvalue weighted by atomic mass is 16.5. The van der Waals surface area contributed by atoms with Crippen molar-refractivity contribution >= 4 is 5.97 Å². The number of unbranched alkanes of at least 4 members (excludes halogenated alkanes) is 7. The molecule has 0 atom stereocenters. The second-order valence-electron chi connectivity index (χ2n) is 6.34. The number of hydrogen-bond donors (Lipinski definition) is 0. The van der Waals surface area contributed by atoms with Gasteiger partial charge in [-0.15, -0.1) is 0 Å². The molecule has 3 nitrogen and oxygen atoms in total. The summed E-state index contributed by atoms with van der Waals surface area (Å²) in [5.74, 6) is 0.170. The predicted octanol–water partition coefficient (Wildman–Crippen LogP) is 4.40. The van der Waals surface area contributed by atoms with Crippen LogP contribution in [-0.4, -0.2) is 37.1 Å². The minimum Gasteiger partial charge on any atom is -0.466 e.